The summed E-state index contributed by atoms with van der Waals surface area (Å²) in [5.41, 5.74) is 1.26. The molecule has 0 unspecified atom stereocenters. The van der Waals surface area contributed by atoms with Crippen LogP contribution in [0.25, 0.3) is 0 Å². The highest BCUT2D eigenvalue weighted by atomic mass is 32.2. The Bertz CT molecular complexity index is 870. The molecule has 1 saturated heterocycles. The molecule has 1 atom stereocenters. The van der Waals surface area contributed by atoms with Crippen molar-refractivity contribution in [2.45, 2.75) is 57.4 Å². The van der Waals surface area contributed by atoms with Gasteiger partial charge in [0.25, 0.3) is 0 Å². The van der Waals surface area contributed by atoms with Crippen molar-refractivity contribution in [3.8, 4) is 0 Å². The molecule has 26 heavy (non-hydrogen) atoms. The third-order valence-electron chi connectivity index (χ3n) is 5.77. The van der Waals surface area contributed by atoms with Crippen molar-refractivity contribution in [3.05, 3.63) is 47.5 Å². The number of rotatable bonds is 7. The van der Waals surface area contributed by atoms with E-state index in [9.17, 15) is 8.42 Å². The topological polar surface area (TPSA) is 64.8 Å². The molecule has 0 N–H and O–H groups in total. The molecule has 0 bridgehead atoms. The molecule has 0 radical (unpaired) electrons. The second kappa shape index (κ2) is 6.80. The van der Waals surface area contributed by atoms with Gasteiger partial charge in [-0.3, -0.25) is 0 Å². The van der Waals surface area contributed by atoms with Gasteiger partial charge in [-0.1, -0.05) is 43.7 Å². The van der Waals surface area contributed by atoms with Gasteiger partial charge in [0.15, 0.2) is 15.7 Å². The molecule has 1 aromatic carbocycles. The number of hydrogen-bond donors (Lipinski definition) is 0. The Morgan fingerprint density at radius 2 is 2.00 bits per heavy atom. The number of nitrogens with zero attached hydrogens (tertiary/aromatic N) is 3. The molecular formula is C20H27N3O2S. The molecular weight excluding hydrogens is 346 g/mol. The second-order valence-electron chi connectivity index (χ2n) is 7.85. The van der Waals surface area contributed by atoms with Gasteiger partial charge >= 0.3 is 0 Å². The number of aryl methyl sites for hydroxylation is 1. The molecule has 4 rings (SSSR count). The lowest BCUT2D eigenvalue weighted by atomic mass is 9.95. The van der Waals surface area contributed by atoms with Crippen LogP contribution in [0.5, 0.6) is 0 Å². The molecule has 1 saturated carbocycles. The van der Waals surface area contributed by atoms with E-state index in [0.29, 0.717) is 11.5 Å². The zero-order valence-electron chi connectivity index (χ0n) is 15.4. The summed E-state index contributed by atoms with van der Waals surface area (Å²) >= 11 is 0. The first-order valence-corrected chi connectivity index (χ1v) is 11.5. The van der Waals surface area contributed by atoms with Gasteiger partial charge in [0, 0.05) is 13.0 Å². The number of hydrogen-bond acceptors (Lipinski definition) is 4. The van der Waals surface area contributed by atoms with Gasteiger partial charge < -0.3 is 0 Å². The Morgan fingerprint density at radius 1 is 1.23 bits per heavy atom. The predicted molar refractivity (Wildman–Crippen MR) is 102 cm³/mol. The zero-order valence-corrected chi connectivity index (χ0v) is 16.2. The van der Waals surface area contributed by atoms with Gasteiger partial charge in [-0.15, -0.1) is 0 Å². The van der Waals surface area contributed by atoms with Crippen LogP contribution < -0.4 is 0 Å². The number of unbranched alkanes of at least 4 members (excludes halogenated alkanes) is 1. The van der Waals surface area contributed by atoms with Crippen LogP contribution in [-0.2, 0) is 28.2 Å². The Hall–Kier alpha value is -1.69. The standard InChI is InChI=1S/C20H27N3O2S/c1-2-3-12-23-18(14-16-9-13-26(24,25)15-16)21-19(22-23)20(10-11-20)17-7-5-4-6-8-17/h4-8,16H,2-3,9-15H2,1H3/t16-/m1/s1. The van der Waals surface area contributed by atoms with Crippen LogP contribution >= 0.6 is 0 Å². The van der Waals surface area contributed by atoms with E-state index in [1.807, 2.05) is 10.7 Å². The van der Waals surface area contributed by atoms with Crippen LogP contribution in [0.4, 0.5) is 0 Å². The summed E-state index contributed by atoms with van der Waals surface area (Å²) in [7, 11) is -2.86. The van der Waals surface area contributed by atoms with E-state index >= 15 is 0 Å². The van der Waals surface area contributed by atoms with Crippen molar-refractivity contribution in [1.82, 2.24) is 14.8 Å². The Kier molecular flexibility index (Phi) is 4.63. The summed E-state index contributed by atoms with van der Waals surface area (Å²) in [5.74, 6) is 2.70. The highest BCUT2D eigenvalue weighted by Gasteiger charge is 2.49. The van der Waals surface area contributed by atoms with E-state index in [1.165, 1.54) is 5.56 Å². The summed E-state index contributed by atoms with van der Waals surface area (Å²) in [6, 6.07) is 10.5. The summed E-state index contributed by atoms with van der Waals surface area (Å²) in [6.45, 7) is 3.04. The third-order valence-corrected chi connectivity index (χ3v) is 7.61. The maximum atomic E-state index is 11.8. The van der Waals surface area contributed by atoms with Crippen LogP contribution in [0.2, 0.25) is 0 Å². The van der Waals surface area contributed by atoms with Crippen molar-refractivity contribution >= 4 is 9.84 Å². The number of benzene rings is 1. The van der Waals surface area contributed by atoms with Crippen molar-refractivity contribution in [3.63, 3.8) is 0 Å². The second-order valence-corrected chi connectivity index (χ2v) is 10.1. The van der Waals surface area contributed by atoms with E-state index in [1.54, 1.807) is 0 Å². The first kappa shape index (κ1) is 17.7. The van der Waals surface area contributed by atoms with Crippen molar-refractivity contribution in [2.75, 3.05) is 11.5 Å². The molecule has 2 heterocycles. The quantitative estimate of drug-likeness (QED) is 0.748. The van der Waals surface area contributed by atoms with Crippen LogP contribution in [0.3, 0.4) is 0 Å². The van der Waals surface area contributed by atoms with E-state index in [0.717, 1.165) is 56.7 Å². The average molecular weight is 374 g/mol. The lowest BCUT2D eigenvalue weighted by molar-refractivity contribution is 0.499. The third kappa shape index (κ3) is 3.43. The van der Waals surface area contributed by atoms with Crippen LogP contribution in [-0.4, -0.2) is 34.7 Å². The smallest absolute Gasteiger partial charge is 0.161 e. The molecule has 5 nitrogen and oxygen atoms in total. The predicted octanol–water partition coefficient (Wildman–Crippen LogP) is 3.14. The fourth-order valence-electron chi connectivity index (χ4n) is 4.03. The minimum atomic E-state index is -2.86. The van der Waals surface area contributed by atoms with Gasteiger partial charge in [-0.25, -0.2) is 18.1 Å². The van der Waals surface area contributed by atoms with Gasteiger partial charge in [-0.05, 0) is 37.2 Å². The lowest BCUT2D eigenvalue weighted by Crippen LogP contribution is -2.13. The Balaban J connectivity index is 1.62. The first-order valence-electron chi connectivity index (χ1n) is 9.72. The van der Waals surface area contributed by atoms with Crippen molar-refractivity contribution in [2.24, 2.45) is 5.92 Å². The molecule has 2 aromatic rings. The molecule has 2 fully saturated rings. The largest absolute Gasteiger partial charge is 0.250 e. The fraction of sp³-hybridized carbons (Fsp3) is 0.600. The molecule has 6 heteroatoms. The van der Waals surface area contributed by atoms with Crippen LogP contribution in [0.1, 0.15) is 56.2 Å². The minimum Gasteiger partial charge on any atom is -0.250 e. The van der Waals surface area contributed by atoms with Crippen LogP contribution in [0, 0.1) is 5.92 Å². The zero-order chi connectivity index (χ0) is 18.2. The molecule has 2 aliphatic rings. The monoisotopic (exact) mass is 373 g/mol. The molecule has 0 amide bonds. The lowest BCUT2D eigenvalue weighted by Gasteiger charge is -2.11. The highest BCUT2D eigenvalue weighted by Crippen LogP contribution is 2.52. The summed E-state index contributed by atoms with van der Waals surface area (Å²) in [4.78, 5) is 4.94. The van der Waals surface area contributed by atoms with E-state index in [4.69, 9.17) is 10.1 Å². The minimum absolute atomic E-state index is 0.0325. The normalized spacial score (nSPS) is 23.2. The first-order chi connectivity index (χ1) is 12.5. The molecule has 1 aliphatic carbocycles. The van der Waals surface area contributed by atoms with Gasteiger partial charge in [0.1, 0.15) is 5.82 Å². The summed E-state index contributed by atoms with van der Waals surface area (Å²) < 4.78 is 25.7. The van der Waals surface area contributed by atoms with E-state index in [2.05, 4.69) is 31.2 Å². The van der Waals surface area contributed by atoms with Crippen LogP contribution in [0.15, 0.2) is 30.3 Å². The molecule has 0 spiro atoms. The van der Waals surface area contributed by atoms with Gasteiger partial charge in [0.05, 0.1) is 16.9 Å². The summed E-state index contributed by atoms with van der Waals surface area (Å²) in [5, 5.41) is 4.89. The molecule has 1 aliphatic heterocycles. The number of aromatic nitrogens is 3. The van der Waals surface area contributed by atoms with E-state index < -0.39 is 9.84 Å². The van der Waals surface area contributed by atoms with Gasteiger partial charge in [0.2, 0.25) is 0 Å². The Morgan fingerprint density at radius 3 is 2.62 bits per heavy atom. The maximum absolute atomic E-state index is 11.8. The average Bonchev–Trinajstić information content (AvgIpc) is 3.24. The van der Waals surface area contributed by atoms with Crippen molar-refractivity contribution in [1.29, 1.82) is 0 Å². The van der Waals surface area contributed by atoms with E-state index in [-0.39, 0.29) is 11.3 Å². The summed E-state index contributed by atoms with van der Waals surface area (Å²) in [6.07, 6.45) is 5.83. The van der Waals surface area contributed by atoms with Gasteiger partial charge in [-0.2, -0.15) is 5.10 Å². The maximum Gasteiger partial charge on any atom is 0.161 e. The molecule has 1 aromatic heterocycles. The van der Waals surface area contributed by atoms with Crippen molar-refractivity contribution < 1.29 is 8.42 Å². The molecule has 140 valence electrons. The number of sulfone groups is 1. The fourth-order valence-corrected chi connectivity index (χ4v) is 5.89. The SMILES string of the molecule is CCCCn1nc(C2(c3ccccc3)CC2)nc1C[C@H]1CCS(=O)(=O)C1. The highest BCUT2D eigenvalue weighted by molar-refractivity contribution is 7.91. The Labute approximate surface area is 155 Å².